The maximum Gasteiger partial charge on any atom is 0.234 e. The van der Waals surface area contributed by atoms with E-state index in [4.69, 9.17) is 0 Å². The number of carbonyl (C=O) groups excluding carboxylic acids is 1. The average molecular weight is 327 g/mol. The zero-order valence-electron chi connectivity index (χ0n) is 10.3. The minimum atomic E-state index is -0.108. The van der Waals surface area contributed by atoms with Crippen LogP contribution in [0, 0.1) is 11.8 Å². The Bertz CT molecular complexity index is 472. The molecule has 1 N–H and O–H groups in total. The Labute approximate surface area is 120 Å². The molecule has 0 fully saturated rings. The monoisotopic (exact) mass is 326 g/mol. The zero-order valence-corrected chi connectivity index (χ0v) is 12.7. The summed E-state index contributed by atoms with van der Waals surface area (Å²) < 4.78 is 1.00. The van der Waals surface area contributed by atoms with Gasteiger partial charge in [0.25, 0.3) is 0 Å². The second-order valence-electron chi connectivity index (χ2n) is 4.33. The Balaban J connectivity index is 2.08. The fraction of sp³-hybridized carbons (Fsp3) is 0.385. The van der Waals surface area contributed by atoms with Crippen molar-refractivity contribution in [3.05, 3.63) is 28.7 Å². The number of hydrogen-bond donors (Lipinski definition) is 1. The van der Waals surface area contributed by atoms with Crippen molar-refractivity contribution in [2.45, 2.75) is 6.92 Å². The summed E-state index contributed by atoms with van der Waals surface area (Å²) in [6.45, 7) is 2.81. The molecule has 0 spiro atoms. The molecule has 96 valence electrons. The van der Waals surface area contributed by atoms with E-state index in [1.54, 1.807) is 11.8 Å². The Morgan fingerprint density at radius 3 is 2.72 bits per heavy atom. The van der Waals surface area contributed by atoms with Gasteiger partial charge in [-0.15, -0.1) is 11.8 Å². The van der Waals surface area contributed by atoms with Crippen molar-refractivity contribution in [2.75, 3.05) is 18.1 Å². The lowest BCUT2D eigenvalue weighted by Gasteiger charge is -2.16. The van der Waals surface area contributed by atoms with Crippen molar-refractivity contribution in [3.63, 3.8) is 0 Å². The molecule has 2 unspecified atom stereocenters. The molecular weight excluding hydrogens is 312 g/mol. The summed E-state index contributed by atoms with van der Waals surface area (Å²) in [7, 11) is 0. The summed E-state index contributed by atoms with van der Waals surface area (Å²) in [5.41, 5.74) is 0.822. The summed E-state index contributed by atoms with van der Waals surface area (Å²) in [6, 6.07) is 7.60. The van der Waals surface area contributed by atoms with Crippen LogP contribution in [0.15, 0.2) is 33.7 Å². The van der Waals surface area contributed by atoms with Gasteiger partial charge in [0, 0.05) is 16.7 Å². The highest BCUT2D eigenvalue weighted by atomic mass is 79.9. The predicted octanol–water partition coefficient (Wildman–Crippen LogP) is 3.42. The molecule has 1 amide bonds. The first kappa shape index (κ1) is 13.6. The fourth-order valence-corrected chi connectivity index (χ4v) is 3.06. The number of rotatable bonds is 2. The highest BCUT2D eigenvalue weighted by Crippen LogP contribution is 2.27. The maximum atomic E-state index is 12.3. The van der Waals surface area contributed by atoms with Crippen LogP contribution in [0.2, 0.25) is 0 Å². The van der Waals surface area contributed by atoms with E-state index in [-0.39, 0.29) is 17.7 Å². The van der Waals surface area contributed by atoms with Crippen LogP contribution in [-0.2, 0) is 4.79 Å². The third kappa shape index (κ3) is 2.95. The van der Waals surface area contributed by atoms with Crippen LogP contribution in [0.1, 0.15) is 6.92 Å². The van der Waals surface area contributed by atoms with Crippen LogP contribution in [0.25, 0.3) is 0 Å². The molecule has 0 aromatic heterocycles. The molecule has 0 bridgehead atoms. The summed E-state index contributed by atoms with van der Waals surface area (Å²) in [6.07, 6.45) is 1.97. The van der Waals surface area contributed by atoms with Gasteiger partial charge in [-0.2, -0.15) is 0 Å². The topological polar surface area (TPSA) is 41.5 Å². The van der Waals surface area contributed by atoms with Crippen molar-refractivity contribution >= 4 is 44.3 Å². The molecule has 1 aromatic carbocycles. The second-order valence-corrected chi connectivity index (χ2v) is 6.08. The van der Waals surface area contributed by atoms with E-state index in [2.05, 4.69) is 33.2 Å². The van der Waals surface area contributed by atoms with Crippen LogP contribution in [0.5, 0.6) is 0 Å². The number of nitrogens with one attached hydrogen (secondary N) is 1. The summed E-state index contributed by atoms with van der Waals surface area (Å²) >= 11 is 4.94. The lowest BCUT2D eigenvalue weighted by molar-refractivity contribution is -0.118. The van der Waals surface area contributed by atoms with Crippen molar-refractivity contribution in [1.82, 2.24) is 0 Å². The van der Waals surface area contributed by atoms with Crippen LogP contribution in [0.4, 0.5) is 5.69 Å². The standard InChI is InChI=1S/C13H15BrN2OS/c1-8-7-15-13(18-2)11(8)12(17)16-10-5-3-9(14)4-6-10/h3-6,8,11H,7H2,1-2H3,(H,16,17). The molecule has 18 heavy (non-hydrogen) atoms. The second kappa shape index (κ2) is 5.89. The largest absolute Gasteiger partial charge is 0.325 e. The molecule has 1 aliphatic rings. The predicted molar refractivity (Wildman–Crippen MR) is 81.2 cm³/mol. The van der Waals surface area contributed by atoms with Gasteiger partial charge in [0.1, 0.15) is 0 Å². The van der Waals surface area contributed by atoms with Gasteiger partial charge in [-0.1, -0.05) is 22.9 Å². The van der Waals surface area contributed by atoms with Crippen LogP contribution in [-0.4, -0.2) is 23.8 Å². The summed E-state index contributed by atoms with van der Waals surface area (Å²) in [4.78, 5) is 16.7. The van der Waals surface area contributed by atoms with Gasteiger partial charge in [-0.3, -0.25) is 9.79 Å². The van der Waals surface area contributed by atoms with Crippen molar-refractivity contribution in [3.8, 4) is 0 Å². The Morgan fingerprint density at radius 1 is 1.44 bits per heavy atom. The van der Waals surface area contributed by atoms with E-state index in [0.717, 1.165) is 21.7 Å². The van der Waals surface area contributed by atoms with Gasteiger partial charge < -0.3 is 5.32 Å². The quantitative estimate of drug-likeness (QED) is 0.904. The van der Waals surface area contributed by atoms with Crippen molar-refractivity contribution in [1.29, 1.82) is 0 Å². The minimum absolute atomic E-state index is 0.0374. The number of amides is 1. The Kier molecular flexibility index (Phi) is 4.45. The molecule has 1 heterocycles. The van der Waals surface area contributed by atoms with Crippen molar-refractivity contribution in [2.24, 2.45) is 16.8 Å². The average Bonchev–Trinajstić information content (AvgIpc) is 2.73. The number of aliphatic imine (C=N–C) groups is 1. The van der Waals surface area contributed by atoms with Crippen LogP contribution >= 0.6 is 27.7 Å². The zero-order chi connectivity index (χ0) is 13.1. The Hall–Kier alpha value is -0.810. The highest BCUT2D eigenvalue weighted by Gasteiger charge is 2.33. The van der Waals surface area contributed by atoms with E-state index < -0.39 is 0 Å². The molecule has 0 saturated carbocycles. The van der Waals surface area contributed by atoms with Gasteiger partial charge >= 0.3 is 0 Å². The third-order valence-corrected chi connectivity index (χ3v) is 4.30. The first-order valence-electron chi connectivity index (χ1n) is 5.76. The summed E-state index contributed by atoms with van der Waals surface area (Å²) in [5.74, 6) is 0.210. The van der Waals surface area contributed by atoms with E-state index in [9.17, 15) is 4.79 Å². The fourth-order valence-electron chi connectivity index (χ4n) is 2.00. The number of halogens is 1. The van der Waals surface area contributed by atoms with Gasteiger partial charge in [-0.05, 0) is 36.4 Å². The lowest BCUT2D eigenvalue weighted by atomic mass is 9.97. The smallest absolute Gasteiger partial charge is 0.234 e. The molecule has 1 aromatic rings. The third-order valence-electron chi connectivity index (χ3n) is 2.97. The molecule has 0 radical (unpaired) electrons. The molecule has 0 aliphatic carbocycles. The number of carbonyl (C=O) groups is 1. The molecule has 5 heteroatoms. The number of thioether (sulfide) groups is 1. The van der Waals surface area contributed by atoms with E-state index in [0.29, 0.717) is 0 Å². The lowest BCUT2D eigenvalue weighted by Crippen LogP contribution is -2.30. The van der Waals surface area contributed by atoms with Gasteiger partial charge in [0.15, 0.2) is 0 Å². The first-order valence-corrected chi connectivity index (χ1v) is 7.78. The van der Waals surface area contributed by atoms with Crippen LogP contribution < -0.4 is 5.32 Å². The van der Waals surface area contributed by atoms with Gasteiger partial charge in [0.2, 0.25) is 5.91 Å². The van der Waals surface area contributed by atoms with E-state index in [1.807, 2.05) is 30.5 Å². The molecule has 1 aliphatic heterocycles. The van der Waals surface area contributed by atoms with E-state index >= 15 is 0 Å². The minimum Gasteiger partial charge on any atom is -0.325 e. The molecule has 2 rings (SSSR count). The maximum absolute atomic E-state index is 12.3. The Morgan fingerprint density at radius 2 is 2.11 bits per heavy atom. The summed E-state index contributed by atoms with van der Waals surface area (Å²) in [5, 5.41) is 3.89. The van der Waals surface area contributed by atoms with Gasteiger partial charge in [0.05, 0.1) is 11.0 Å². The normalized spacial score (nSPS) is 22.7. The number of hydrogen-bond acceptors (Lipinski definition) is 3. The molecule has 0 saturated heterocycles. The van der Waals surface area contributed by atoms with Gasteiger partial charge in [-0.25, -0.2) is 0 Å². The highest BCUT2D eigenvalue weighted by molar-refractivity contribution is 9.10. The first-order chi connectivity index (χ1) is 8.61. The number of nitrogens with zero attached hydrogens (tertiary/aromatic N) is 1. The molecule has 2 atom stereocenters. The number of anilines is 1. The SMILES string of the molecule is CSC1=NCC(C)C1C(=O)Nc1ccc(Br)cc1. The molecule has 3 nitrogen and oxygen atoms in total. The van der Waals surface area contributed by atoms with Crippen molar-refractivity contribution < 1.29 is 4.79 Å². The van der Waals surface area contributed by atoms with Crippen LogP contribution in [0.3, 0.4) is 0 Å². The number of benzene rings is 1. The molecular formula is C13H15BrN2OS. The van der Waals surface area contributed by atoms with E-state index in [1.165, 1.54) is 0 Å².